The number of hydrogen-bond donors (Lipinski definition) is 1. The molecule has 1 aromatic carbocycles. The van der Waals surface area contributed by atoms with Crippen molar-refractivity contribution >= 4 is 32.4 Å². The third kappa shape index (κ3) is 2.95. The summed E-state index contributed by atoms with van der Waals surface area (Å²) < 4.78 is 11.8. The van der Waals surface area contributed by atoms with Crippen molar-refractivity contribution in [1.29, 1.82) is 0 Å². The molecule has 0 saturated carbocycles. The Morgan fingerprint density at radius 1 is 1.50 bits per heavy atom. The van der Waals surface area contributed by atoms with Crippen LogP contribution in [-0.2, 0) is 16.6 Å². The molecular weight excluding hydrogens is 238 g/mol. The van der Waals surface area contributed by atoms with Crippen molar-refractivity contribution in [3.05, 3.63) is 28.2 Å². The lowest BCUT2D eigenvalue weighted by Crippen LogP contribution is -1.94. The van der Waals surface area contributed by atoms with Crippen molar-refractivity contribution in [2.45, 2.75) is 5.75 Å². The molecule has 1 aromatic rings. The van der Waals surface area contributed by atoms with E-state index in [2.05, 4.69) is 15.9 Å². The summed E-state index contributed by atoms with van der Waals surface area (Å²) in [6, 6.07) is 5.59. The maximum atomic E-state index is 10.9. The minimum Gasteiger partial charge on any atom is -0.399 e. The molecule has 0 aliphatic rings. The molecule has 0 bridgehead atoms. The van der Waals surface area contributed by atoms with Gasteiger partial charge in [-0.2, -0.15) is 0 Å². The molecule has 0 saturated heterocycles. The Morgan fingerprint density at radius 3 is 2.67 bits per heavy atom. The Kier molecular flexibility index (Phi) is 3.29. The molecule has 1 atom stereocenters. The van der Waals surface area contributed by atoms with Crippen molar-refractivity contribution in [2.24, 2.45) is 0 Å². The quantitative estimate of drug-likeness (QED) is 0.812. The van der Waals surface area contributed by atoms with E-state index in [0.717, 1.165) is 10.0 Å². The highest BCUT2D eigenvalue weighted by atomic mass is 79.9. The molecule has 0 aliphatic carbocycles. The van der Waals surface area contributed by atoms with Gasteiger partial charge >= 0.3 is 0 Å². The van der Waals surface area contributed by atoms with Crippen molar-refractivity contribution in [2.75, 3.05) is 12.0 Å². The molecule has 0 radical (unpaired) electrons. The fraction of sp³-hybridized carbons (Fsp3) is 0.250. The van der Waals surface area contributed by atoms with Crippen LogP contribution in [0.15, 0.2) is 22.7 Å². The number of halogens is 1. The number of rotatable bonds is 2. The first-order valence-corrected chi connectivity index (χ1v) is 5.95. The smallest absolute Gasteiger partial charge is 0.0483 e. The van der Waals surface area contributed by atoms with Crippen LogP contribution in [0, 0.1) is 0 Å². The Labute approximate surface area is 82.7 Å². The summed E-state index contributed by atoms with van der Waals surface area (Å²) in [5.41, 5.74) is 7.31. The Morgan fingerprint density at radius 2 is 2.17 bits per heavy atom. The van der Waals surface area contributed by atoms with Gasteiger partial charge in [0.1, 0.15) is 0 Å². The molecule has 66 valence electrons. The van der Waals surface area contributed by atoms with Crippen LogP contribution in [0.4, 0.5) is 5.69 Å². The molecule has 0 spiro atoms. The van der Waals surface area contributed by atoms with Gasteiger partial charge < -0.3 is 5.73 Å². The van der Waals surface area contributed by atoms with Crippen molar-refractivity contribution in [1.82, 2.24) is 0 Å². The van der Waals surface area contributed by atoms with E-state index in [1.807, 2.05) is 18.2 Å². The van der Waals surface area contributed by atoms with Crippen molar-refractivity contribution in [3.63, 3.8) is 0 Å². The van der Waals surface area contributed by atoms with Gasteiger partial charge in [-0.3, -0.25) is 4.21 Å². The largest absolute Gasteiger partial charge is 0.399 e. The number of nitrogen functional groups attached to an aromatic ring is 1. The maximum Gasteiger partial charge on any atom is 0.0483 e. The van der Waals surface area contributed by atoms with Crippen LogP contribution in [0.2, 0.25) is 0 Å². The van der Waals surface area contributed by atoms with E-state index in [0.29, 0.717) is 11.4 Å². The minimum absolute atomic E-state index is 0.559. The fourth-order valence-electron chi connectivity index (χ4n) is 0.993. The predicted octanol–water partition coefficient (Wildman–Crippen LogP) is 1.91. The number of hydrogen-bond acceptors (Lipinski definition) is 2. The van der Waals surface area contributed by atoms with Crippen LogP contribution in [0.3, 0.4) is 0 Å². The summed E-state index contributed by atoms with van der Waals surface area (Å²) in [5, 5.41) is 0. The van der Waals surface area contributed by atoms with Gasteiger partial charge in [-0.25, -0.2) is 0 Å². The minimum atomic E-state index is -0.809. The molecule has 0 heterocycles. The van der Waals surface area contributed by atoms with E-state index in [4.69, 9.17) is 5.73 Å². The molecule has 0 amide bonds. The zero-order valence-corrected chi connectivity index (χ0v) is 9.11. The highest BCUT2D eigenvalue weighted by Crippen LogP contribution is 2.17. The van der Waals surface area contributed by atoms with E-state index < -0.39 is 10.8 Å². The van der Waals surface area contributed by atoms with Gasteiger partial charge in [0.25, 0.3) is 0 Å². The van der Waals surface area contributed by atoms with Crippen LogP contribution in [0.25, 0.3) is 0 Å². The topological polar surface area (TPSA) is 43.1 Å². The van der Waals surface area contributed by atoms with Crippen LogP contribution >= 0.6 is 15.9 Å². The lowest BCUT2D eigenvalue weighted by molar-refractivity contribution is 0.686. The molecule has 2 N–H and O–H groups in total. The van der Waals surface area contributed by atoms with Gasteiger partial charge in [0.15, 0.2) is 0 Å². The van der Waals surface area contributed by atoms with Gasteiger partial charge in [-0.15, -0.1) is 0 Å². The first kappa shape index (κ1) is 9.74. The highest BCUT2D eigenvalue weighted by Gasteiger charge is 1.98. The SMILES string of the molecule is CS(=O)Cc1cc(N)cc(Br)c1. The Hall–Kier alpha value is -0.350. The fourth-order valence-corrected chi connectivity index (χ4v) is 2.19. The van der Waals surface area contributed by atoms with E-state index in [9.17, 15) is 4.21 Å². The molecular formula is C8H10BrNOS. The zero-order valence-electron chi connectivity index (χ0n) is 6.71. The first-order valence-electron chi connectivity index (χ1n) is 3.43. The summed E-state index contributed by atoms with van der Waals surface area (Å²) in [5.74, 6) is 0.559. The summed E-state index contributed by atoms with van der Waals surface area (Å²) in [6.45, 7) is 0. The van der Waals surface area contributed by atoms with Gasteiger partial charge in [0.05, 0.1) is 0 Å². The van der Waals surface area contributed by atoms with Crippen molar-refractivity contribution in [3.8, 4) is 0 Å². The second kappa shape index (κ2) is 4.05. The maximum absolute atomic E-state index is 10.9. The zero-order chi connectivity index (χ0) is 9.14. The van der Waals surface area contributed by atoms with Crippen molar-refractivity contribution < 1.29 is 4.21 Å². The molecule has 1 rings (SSSR count). The molecule has 4 heteroatoms. The summed E-state index contributed by atoms with van der Waals surface area (Å²) >= 11 is 3.32. The monoisotopic (exact) mass is 247 g/mol. The number of anilines is 1. The highest BCUT2D eigenvalue weighted by molar-refractivity contribution is 9.10. The summed E-state index contributed by atoms with van der Waals surface area (Å²) in [6.07, 6.45) is 1.68. The molecule has 0 aliphatic heterocycles. The second-order valence-electron chi connectivity index (χ2n) is 2.61. The number of benzene rings is 1. The van der Waals surface area contributed by atoms with Gasteiger partial charge in [-0.05, 0) is 23.8 Å². The van der Waals surface area contributed by atoms with Gasteiger partial charge in [0, 0.05) is 33.0 Å². The van der Waals surface area contributed by atoms with Crippen LogP contribution in [0.5, 0.6) is 0 Å². The first-order chi connectivity index (χ1) is 5.58. The molecule has 0 fully saturated rings. The Balaban J connectivity index is 2.93. The van der Waals surface area contributed by atoms with Gasteiger partial charge in [0.2, 0.25) is 0 Å². The molecule has 2 nitrogen and oxygen atoms in total. The predicted molar refractivity (Wildman–Crippen MR) is 56.3 cm³/mol. The van der Waals surface area contributed by atoms with E-state index in [-0.39, 0.29) is 0 Å². The standard InChI is InChI=1S/C8H10BrNOS/c1-12(11)5-6-2-7(9)4-8(10)3-6/h2-4H,5,10H2,1H3. The van der Waals surface area contributed by atoms with Crippen LogP contribution in [0.1, 0.15) is 5.56 Å². The van der Waals surface area contributed by atoms with Gasteiger partial charge in [-0.1, -0.05) is 15.9 Å². The molecule has 1 unspecified atom stereocenters. The van der Waals surface area contributed by atoms with Crippen LogP contribution in [-0.4, -0.2) is 10.5 Å². The lowest BCUT2D eigenvalue weighted by Gasteiger charge is -2.01. The summed E-state index contributed by atoms with van der Waals surface area (Å²) in [4.78, 5) is 0. The third-order valence-electron chi connectivity index (χ3n) is 1.35. The number of nitrogens with two attached hydrogens (primary N) is 1. The third-order valence-corrected chi connectivity index (χ3v) is 2.55. The van der Waals surface area contributed by atoms with Crippen LogP contribution < -0.4 is 5.73 Å². The van der Waals surface area contributed by atoms with E-state index in [1.165, 1.54) is 0 Å². The lowest BCUT2D eigenvalue weighted by atomic mass is 10.2. The molecule has 0 aromatic heterocycles. The second-order valence-corrected chi connectivity index (χ2v) is 4.96. The molecule has 12 heavy (non-hydrogen) atoms. The van der Waals surface area contributed by atoms with E-state index >= 15 is 0 Å². The Bertz CT molecular complexity index is 294. The van der Waals surface area contributed by atoms with E-state index in [1.54, 1.807) is 6.26 Å². The average Bonchev–Trinajstić information content (AvgIpc) is 1.81. The summed E-state index contributed by atoms with van der Waals surface area (Å²) in [7, 11) is -0.809. The average molecular weight is 248 g/mol. The normalized spacial score (nSPS) is 12.8.